The maximum atomic E-state index is 9.59. The van der Waals surface area contributed by atoms with Gasteiger partial charge in [-0.1, -0.05) is 18.2 Å². The summed E-state index contributed by atoms with van der Waals surface area (Å²) < 4.78 is 12.9. The van der Waals surface area contributed by atoms with Gasteiger partial charge in [-0.15, -0.1) is 0 Å². The van der Waals surface area contributed by atoms with Gasteiger partial charge in [0.1, 0.15) is 7.05 Å². The third kappa shape index (κ3) is 3.09. The van der Waals surface area contributed by atoms with Crippen LogP contribution in [0.4, 0.5) is 0 Å². The number of oxazole rings is 1. The lowest BCUT2D eigenvalue weighted by Gasteiger charge is -2.03. The molecule has 0 bridgehead atoms. The summed E-state index contributed by atoms with van der Waals surface area (Å²) in [5, 5.41) is 9.59. The van der Waals surface area contributed by atoms with E-state index in [-0.39, 0.29) is 29.7 Å². The number of ether oxygens (including phenoxy) is 1. The van der Waals surface area contributed by atoms with E-state index in [1.165, 1.54) is 7.11 Å². The van der Waals surface area contributed by atoms with E-state index in [0.29, 0.717) is 5.75 Å². The lowest BCUT2D eigenvalue weighted by molar-refractivity contribution is -0.651. The SMILES string of the molecule is COc1cc(/C=C\c2oc3ccccc3[n+]2C)ccc1O.[I-]. The predicted octanol–water partition coefficient (Wildman–Crippen LogP) is 0.146. The molecule has 1 aromatic heterocycles. The molecule has 2 aromatic carbocycles. The van der Waals surface area contributed by atoms with Crippen molar-refractivity contribution < 1.29 is 42.8 Å². The Morgan fingerprint density at radius 3 is 2.64 bits per heavy atom. The first kappa shape index (κ1) is 16.4. The fourth-order valence-corrected chi connectivity index (χ4v) is 2.23. The molecular weight excluding hydrogens is 393 g/mol. The number of aryl methyl sites for hydroxylation is 1. The van der Waals surface area contributed by atoms with Gasteiger partial charge < -0.3 is 38.2 Å². The quantitative estimate of drug-likeness (QED) is 0.495. The minimum absolute atomic E-state index is 0. The summed E-state index contributed by atoms with van der Waals surface area (Å²) in [6, 6.07) is 13.1. The van der Waals surface area contributed by atoms with Crippen molar-refractivity contribution in [3.63, 3.8) is 0 Å². The average Bonchev–Trinajstić information content (AvgIpc) is 2.83. The first-order chi connectivity index (χ1) is 10.2. The van der Waals surface area contributed by atoms with Crippen molar-refractivity contribution >= 4 is 23.3 Å². The molecular formula is C17H16INO3. The van der Waals surface area contributed by atoms with E-state index in [4.69, 9.17) is 9.15 Å². The van der Waals surface area contributed by atoms with Gasteiger partial charge in [-0.2, -0.15) is 4.57 Å². The number of fused-ring (bicyclic) bond motifs is 1. The summed E-state index contributed by atoms with van der Waals surface area (Å²) in [6.45, 7) is 0. The summed E-state index contributed by atoms with van der Waals surface area (Å²) in [5.41, 5.74) is 2.81. The number of phenolic OH excluding ortho intramolecular Hbond substituents is 1. The number of methoxy groups -OCH3 is 1. The molecule has 0 radical (unpaired) electrons. The van der Waals surface area contributed by atoms with Crippen molar-refractivity contribution in [3.05, 3.63) is 53.9 Å². The van der Waals surface area contributed by atoms with E-state index in [2.05, 4.69) is 0 Å². The molecule has 0 aliphatic heterocycles. The number of nitrogens with zero attached hydrogens (tertiary/aromatic N) is 1. The number of aromatic nitrogens is 1. The topological polar surface area (TPSA) is 46.5 Å². The second kappa shape index (κ2) is 6.83. The van der Waals surface area contributed by atoms with Crippen LogP contribution in [0.3, 0.4) is 0 Å². The molecule has 5 heteroatoms. The standard InChI is InChI=1S/C17H15NO3.HI/c1-18-13-5-3-4-6-15(13)21-17(18)10-8-12-7-9-14(19)16(11-12)20-2;/h3-11H,1-2H3;1H. The molecule has 0 atom stereocenters. The van der Waals surface area contributed by atoms with Gasteiger partial charge in [0.05, 0.1) is 13.2 Å². The molecule has 0 saturated carbocycles. The minimum Gasteiger partial charge on any atom is -1.00 e. The van der Waals surface area contributed by atoms with Crippen LogP contribution in [-0.4, -0.2) is 12.2 Å². The highest BCUT2D eigenvalue weighted by Gasteiger charge is 2.15. The van der Waals surface area contributed by atoms with Crippen molar-refractivity contribution in [2.24, 2.45) is 7.05 Å². The van der Waals surface area contributed by atoms with Crippen LogP contribution in [0.15, 0.2) is 46.9 Å². The summed E-state index contributed by atoms with van der Waals surface area (Å²) >= 11 is 0. The maximum Gasteiger partial charge on any atom is 0.373 e. The van der Waals surface area contributed by atoms with E-state index < -0.39 is 0 Å². The van der Waals surface area contributed by atoms with Crippen molar-refractivity contribution in [3.8, 4) is 11.5 Å². The Bertz CT molecular complexity index is 824. The van der Waals surface area contributed by atoms with Crippen LogP contribution in [0, 0.1) is 0 Å². The Kier molecular flexibility index (Phi) is 5.07. The Hall–Kier alpha value is -2.02. The third-order valence-electron chi connectivity index (χ3n) is 3.39. The lowest BCUT2D eigenvalue weighted by atomic mass is 10.2. The molecule has 3 rings (SSSR count). The minimum atomic E-state index is 0. The zero-order chi connectivity index (χ0) is 14.8. The van der Waals surface area contributed by atoms with E-state index in [0.717, 1.165) is 22.6 Å². The van der Waals surface area contributed by atoms with Gasteiger partial charge in [-0.25, -0.2) is 0 Å². The predicted molar refractivity (Wildman–Crippen MR) is 81.0 cm³/mol. The molecule has 0 unspecified atom stereocenters. The van der Waals surface area contributed by atoms with Crippen LogP contribution in [0.25, 0.3) is 23.3 Å². The third-order valence-corrected chi connectivity index (χ3v) is 3.39. The van der Waals surface area contributed by atoms with Gasteiger partial charge >= 0.3 is 5.89 Å². The van der Waals surface area contributed by atoms with Crippen molar-refractivity contribution in [2.45, 2.75) is 0 Å². The lowest BCUT2D eigenvalue weighted by Crippen LogP contribution is -3.00. The van der Waals surface area contributed by atoms with Crippen LogP contribution >= 0.6 is 0 Å². The molecule has 0 amide bonds. The van der Waals surface area contributed by atoms with Crippen LogP contribution in [0.5, 0.6) is 11.5 Å². The van der Waals surface area contributed by atoms with Crippen LogP contribution in [0.2, 0.25) is 0 Å². The number of rotatable bonds is 3. The summed E-state index contributed by atoms with van der Waals surface area (Å²) in [4.78, 5) is 0. The van der Waals surface area contributed by atoms with Gasteiger partial charge in [-0.05, 0) is 29.8 Å². The van der Waals surface area contributed by atoms with Gasteiger partial charge in [0.2, 0.25) is 5.58 Å². The van der Waals surface area contributed by atoms with Gasteiger partial charge in [0.15, 0.2) is 11.5 Å². The van der Waals surface area contributed by atoms with Gasteiger partial charge in [0.25, 0.3) is 5.52 Å². The molecule has 0 aliphatic carbocycles. The van der Waals surface area contributed by atoms with Gasteiger partial charge in [0, 0.05) is 6.07 Å². The normalized spacial score (nSPS) is 10.8. The second-order valence-corrected chi connectivity index (χ2v) is 4.73. The fourth-order valence-electron chi connectivity index (χ4n) is 2.23. The number of benzene rings is 2. The fraction of sp³-hybridized carbons (Fsp3) is 0.118. The Labute approximate surface area is 145 Å². The van der Waals surface area contributed by atoms with E-state index in [9.17, 15) is 5.11 Å². The van der Waals surface area contributed by atoms with Gasteiger partial charge in [-0.3, -0.25) is 0 Å². The number of halogens is 1. The zero-order valence-electron chi connectivity index (χ0n) is 12.3. The van der Waals surface area contributed by atoms with Crippen LogP contribution in [-0.2, 0) is 7.05 Å². The molecule has 0 saturated heterocycles. The zero-order valence-corrected chi connectivity index (χ0v) is 14.4. The molecule has 114 valence electrons. The molecule has 0 spiro atoms. The van der Waals surface area contributed by atoms with Crippen molar-refractivity contribution in [2.75, 3.05) is 7.11 Å². The summed E-state index contributed by atoms with van der Waals surface area (Å²) in [5.74, 6) is 1.33. The number of hydrogen-bond donors (Lipinski definition) is 1. The maximum absolute atomic E-state index is 9.59. The van der Waals surface area contributed by atoms with Crippen molar-refractivity contribution in [1.29, 1.82) is 0 Å². The molecule has 1 heterocycles. The Balaban J connectivity index is 0.00000176. The molecule has 0 aliphatic rings. The number of phenols is 1. The first-order valence-corrected chi connectivity index (χ1v) is 6.61. The monoisotopic (exact) mass is 409 g/mol. The number of aromatic hydroxyl groups is 1. The molecule has 4 nitrogen and oxygen atoms in total. The number of para-hydroxylation sites is 2. The van der Waals surface area contributed by atoms with Crippen LogP contribution < -0.4 is 33.3 Å². The summed E-state index contributed by atoms with van der Waals surface area (Å²) in [6.07, 6.45) is 3.81. The highest BCUT2D eigenvalue weighted by molar-refractivity contribution is 5.72. The average molecular weight is 409 g/mol. The highest BCUT2D eigenvalue weighted by atomic mass is 127. The number of hydrogen-bond acceptors (Lipinski definition) is 3. The Morgan fingerprint density at radius 1 is 1.14 bits per heavy atom. The van der Waals surface area contributed by atoms with E-state index >= 15 is 0 Å². The van der Waals surface area contributed by atoms with E-state index in [1.807, 2.05) is 54.1 Å². The smallest absolute Gasteiger partial charge is 0.373 e. The summed E-state index contributed by atoms with van der Waals surface area (Å²) in [7, 11) is 3.49. The molecule has 0 fully saturated rings. The molecule has 22 heavy (non-hydrogen) atoms. The van der Waals surface area contributed by atoms with Crippen molar-refractivity contribution in [1.82, 2.24) is 0 Å². The molecule has 3 aromatic rings. The van der Waals surface area contributed by atoms with E-state index in [1.54, 1.807) is 12.1 Å². The van der Waals surface area contributed by atoms with Crippen LogP contribution in [0.1, 0.15) is 11.5 Å². The second-order valence-electron chi connectivity index (χ2n) is 4.73. The first-order valence-electron chi connectivity index (χ1n) is 6.61. The Morgan fingerprint density at radius 2 is 1.91 bits per heavy atom. The largest absolute Gasteiger partial charge is 1.00 e. The molecule has 1 N–H and O–H groups in total. The highest BCUT2D eigenvalue weighted by Crippen LogP contribution is 2.27.